The van der Waals surface area contributed by atoms with Crippen LogP contribution in [0.2, 0.25) is 0 Å². The Bertz CT molecular complexity index is 675. The summed E-state index contributed by atoms with van der Waals surface area (Å²) in [6.45, 7) is 1.17. The van der Waals surface area contributed by atoms with Crippen LogP contribution in [0.1, 0.15) is 12.0 Å². The molecule has 8 heteroatoms. The number of ether oxygens (including phenoxy) is 1. The van der Waals surface area contributed by atoms with Gasteiger partial charge in [-0.2, -0.15) is 0 Å². The van der Waals surface area contributed by atoms with Gasteiger partial charge in [0.25, 0.3) is 0 Å². The summed E-state index contributed by atoms with van der Waals surface area (Å²) in [6, 6.07) is 7.92. The molecule has 1 unspecified atom stereocenters. The quantitative estimate of drug-likeness (QED) is 0.651. The minimum absolute atomic E-state index is 0.0415. The van der Waals surface area contributed by atoms with E-state index < -0.39 is 0 Å². The van der Waals surface area contributed by atoms with Crippen LogP contribution in [0, 0.1) is 5.92 Å². The van der Waals surface area contributed by atoms with Crippen molar-refractivity contribution in [2.45, 2.75) is 18.0 Å². The molecule has 122 valence electrons. The first-order valence-corrected chi connectivity index (χ1v) is 8.56. The molecule has 1 amide bonds. The lowest BCUT2D eigenvalue weighted by Gasteiger charge is -2.13. The van der Waals surface area contributed by atoms with Crippen LogP contribution in [0.4, 0.5) is 0 Å². The van der Waals surface area contributed by atoms with Gasteiger partial charge < -0.3 is 10.1 Å². The summed E-state index contributed by atoms with van der Waals surface area (Å²) < 4.78 is 7.32. The van der Waals surface area contributed by atoms with Gasteiger partial charge in [-0.25, -0.2) is 4.68 Å². The number of carbonyl (C=O) groups excluding carboxylic acids is 1. The van der Waals surface area contributed by atoms with Crippen LogP contribution in [-0.4, -0.2) is 45.0 Å². The van der Waals surface area contributed by atoms with E-state index in [1.807, 2.05) is 24.3 Å². The second kappa shape index (κ2) is 7.45. The van der Waals surface area contributed by atoms with Crippen LogP contribution in [0.25, 0.3) is 0 Å². The Kier molecular flexibility index (Phi) is 5.12. The molecule has 2 heterocycles. The van der Waals surface area contributed by atoms with Gasteiger partial charge in [0, 0.05) is 25.3 Å². The molecule has 3 rings (SSSR count). The maximum absolute atomic E-state index is 12.4. The third-order valence-corrected chi connectivity index (χ3v) is 4.76. The highest BCUT2D eigenvalue weighted by Gasteiger charge is 2.23. The molecule has 23 heavy (non-hydrogen) atoms. The fraction of sp³-hybridized carbons (Fsp3) is 0.467. The second-order valence-electron chi connectivity index (χ2n) is 5.37. The van der Waals surface area contributed by atoms with Crippen LogP contribution in [0.5, 0.6) is 5.75 Å². The van der Waals surface area contributed by atoms with E-state index in [0.717, 1.165) is 35.1 Å². The largest absolute Gasteiger partial charge is 0.493 e. The van der Waals surface area contributed by atoms with Crippen molar-refractivity contribution in [3.8, 4) is 5.75 Å². The van der Waals surface area contributed by atoms with E-state index in [2.05, 4.69) is 20.8 Å². The second-order valence-corrected chi connectivity index (χ2v) is 6.43. The maximum Gasteiger partial charge on any atom is 0.223 e. The molecule has 0 saturated carbocycles. The predicted molar refractivity (Wildman–Crippen MR) is 86.3 cm³/mol. The zero-order valence-electron chi connectivity index (χ0n) is 12.9. The molecule has 0 saturated heterocycles. The van der Waals surface area contributed by atoms with Gasteiger partial charge in [0.2, 0.25) is 11.1 Å². The molecule has 1 aromatic carbocycles. The zero-order valence-corrected chi connectivity index (χ0v) is 13.8. The SMILES string of the molecule is Cn1nnnc1SCCNC(=O)C1CCOc2ccccc2C1. The van der Waals surface area contributed by atoms with Gasteiger partial charge in [0.1, 0.15) is 5.75 Å². The Morgan fingerprint density at radius 1 is 1.48 bits per heavy atom. The number of amides is 1. The molecule has 1 aromatic heterocycles. The van der Waals surface area contributed by atoms with E-state index in [-0.39, 0.29) is 11.8 Å². The van der Waals surface area contributed by atoms with Crippen LogP contribution >= 0.6 is 11.8 Å². The van der Waals surface area contributed by atoms with Crippen molar-refractivity contribution < 1.29 is 9.53 Å². The van der Waals surface area contributed by atoms with Crippen LogP contribution in [0.3, 0.4) is 0 Å². The molecular weight excluding hydrogens is 314 g/mol. The van der Waals surface area contributed by atoms with Crippen molar-refractivity contribution in [3.63, 3.8) is 0 Å². The van der Waals surface area contributed by atoms with Gasteiger partial charge in [-0.3, -0.25) is 4.79 Å². The number of benzene rings is 1. The van der Waals surface area contributed by atoms with E-state index >= 15 is 0 Å². The van der Waals surface area contributed by atoms with E-state index in [9.17, 15) is 4.79 Å². The van der Waals surface area contributed by atoms with Crippen molar-refractivity contribution in [3.05, 3.63) is 29.8 Å². The first-order valence-electron chi connectivity index (χ1n) is 7.57. The minimum Gasteiger partial charge on any atom is -0.493 e. The number of thioether (sulfide) groups is 1. The average Bonchev–Trinajstić information content (AvgIpc) is 2.84. The number of nitrogens with zero attached hydrogens (tertiary/aromatic N) is 4. The maximum atomic E-state index is 12.4. The summed E-state index contributed by atoms with van der Waals surface area (Å²) in [5.41, 5.74) is 1.10. The lowest BCUT2D eigenvalue weighted by molar-refractivity contribution is -0.125. The van der Waals surface area contributed by atoms with Crippen molar-refractivity contribution >= 4 is 17.7 Å². The van der Waals surface area contributed by atoms with E-state index in [1.165, 1.54) is 11.8 Å². The molecule has 1 aliphatic heterocycles. The highest BCUT2D eigenvalue weighted by molar-refractivity contribution is 7.99. The van der Waals surface area contributed by atoms with Crippen molar-refractivity contribution in [2.75, 3.05) is 18.9 Å². The number of para-hydroxylation sites is 1. The van der Waals surface area contributed by atoms with Crippen LogP contribution < -0.4 is 10.1 Å². The van der Waals surface area contributed by atoms with Gasteiger partial charge in [0.05, 0.1) is 6.61 Å². The number of hydrogen-bond donors (Lipinski definition) is 1. The van der Waals surface area contributed by atoms with Crippen molar-refractivity contribution in [1.82, 2.24) is 25.5 Å². The number of carbonyl (C=O) groups is 1. The van der Waals surface area contributed by atoms with E-state index in [4.69, 9.17) is 4.74 Å². The molecule has 0 radical (unpaired) electrons. The lowest BCUT2D eigenvalue weighted by Crippen LogP contribution is -2.33. The highest BCUT2D eigenvalue weighted by Crippen LogP contribution is 2.26. The number of tetrazole rings is 1. The molecule has 0 aliphatic carbocycles. The lowest BCUT2D eigenvalue weighted by atomic mass is 9.96. The number of aromatic nitrogens is 4. The summed E-state index contributed by atoms with van der Waals surface area (Å²) in [4.78, 5) is 12.4. The number of nitrogens with one attached hydrogen (secondary N) is 1. The third-order valence-electron chi connectivity index (χ3n) is 3.75. The molecule has 0 bridgehead atoms. The predicted octanol–water partition coefficient (Wildman–Crippen LogP) is 1.06. The molecule has 2 aromatic rings. The molecule has 0 spiro atoms. The van der Waals surface area contributed by atoms with E-state index in [0.29, 0.717) is 13.2 Å². The summed E-state index contributed by atoms with van der Waals surface area (Å²) in [7, 11) is 1.80. The molecule has 1 aliphatic rings. The Morgan fingerprint density at radius 2 is 2.35 bits per heavy atom. The fourth-order valence-corrected chi connectivity index (χ4v) is 3.22. The van der Waals surface area contributed by atoms with Crippen LogP contribution in [0.15, 0.2) is 29.4 Å². The Morgan fingerprint density at radius 3 is 3.17 bits per heavy atom. The third kappa shape index (κ3) is 4.01. The van der Waals surface area contributed by atoms with Gasteiger partial charge >= 0.3 is 0 Å². The average molecular weight is 333 g/mol. The highest BCUT2D eigenvalue weighted by atomic mass is 32.2. The number of rotatable bonds is 5. The zero-order chi connectivity index (χ0) is 16.1. The van der Waals surface area contributed by atoms with E-state index in [1.54, 1.807) is 11.7 Å². The minimum atomic E-state index is -0.0415. The first kappa shape index (κ1) is 15.8. The monoisotopic (exact) mass is 333 g/mol. The molecule has 1 atom stereocenters. The Labute approximate surface area is 138 Å². The van der Waals surface area contributed by atoms with Gasteiger partial charge in [-0.1, -0.05) is 30.0 Å². The van der Waals surface area contributed by atoms with Crippen molar-refractivity contribution in [1.29, 1.82) is 0 Å². The Balaban J connectivity index is 1.48. The van der Waals surface area contributed by atoms with Gasteiger partial charge in [0.15, 0.2) is 0 Å². The summed E-state index contributed by atoms with van der Waals surface area (Å²) in [5, 5.41) is 15.0. The van der Waals surface area contributed by atoms with Crippen LogP contribution in [-0.2, 0) is 18.3 Å². The topological polar surface area (TPSA) is 81.9 Å². The standard InChI is InChI=1S/C15H19N5O2S/c1-20-15(17-18-19-20)23-9-7-16-14(21)12-6-8-22-13-5-3-2-4-11(13)10-12/h2-5,12H,6-10H2,1H3,(H,16,21). The Hall–Kier alpha value is -2.09. The van der Waals surface area contributed by atoms with Gasteiger partial charge in [-0.05, 0) is 34.9 Å². The summed E-state index contributed by atoms with van der Waals surface area (Å²) >= 11 is 1.52. The fourth-order valence-electron chi connectivity index (χ4n) is 2.52. The molecule has 7 nitrogen and oxygen atoms in total. The number of hydrogen-bond acceptors (Lipinski definition) is 6. The normalized spacial score (nSPS) is 17.0. The number of aryl methyl sites for hydroxylation is 1. The number of fused-ring (bicyclic) bond motifs is 1. The summed E-state index contributed by atoms with van der Waals surface area (Å²) in [5.74, 6) is 1.68. The smallest absolute Gasteiger partial charge is 0.223 e. The molecule has 0 fully saturated rings. The van der Waals surface area contributed by atoms with Gasteiger partial charge in [-0.15, -0.1) is 5.10 Å². The molecular formula is C15H19N5O2S. The molecule has 1 N–H and O–H groups in total. The summed E-state index contributed by atoms with van der Waals surface area (Å²) in [6.07, 6.45) is 1.46. The first-order chi connectivity index (χ1) is 11.2. The van der Waals surface area contributed by atoms with Crippen molar-refractivity contribution in [2.24, 2.45) is 13.0 Å².